The summed E-state index contributed by atoms with van der Waals surface area (Å²) in [5, 5.41) is 2.83. The summed E-state index contributed by atoms with van der Waals surface area (Å²) >= 11 is 3.25. The van der Waals surface area contributed by atoms with E-state index in [0.717, 1.165) is 22.6 Å². The van der Waals surface area contributed by atoms with Gasteiger partial charge in [-0.05, 0) is 51.8 Å². The first-order valence-electron chi connectivity index (χ1n) is 10.6. The van der Waals surface area contributed by atoms with E-state index >= 15 is 0 Å². The average molecular weight is 584 g/mol. The van der Waals surface area contributed by atoms with Crippen LogP contribution in [-0.4, -0.2) is 48.7 Å². The molecule has 3 heterocycles. The number of carbonyl (C=O) groups excluding carboxylic acids is 1. The van der Waals surface area contributed by atoms with E-state index in [1.54, 1.807) is 4.90 Å². The van der Waals surface area contributed by atoms with E-state index in [1.807, 2.05) is 0 Å². The van der Waals surface area contributed by atoms with Crippen molar-refractivity contribution in [3.63, 3.8) is 0 Å². The van der Waals surface area contributed by atoms with Gasteiger partial charge >= 0.3 is 0 Å². The Morgan fingerprint density at radius 3 is 2.33 bits per heavy atom. The minimum atomic E-state index is -4.17. The maximum Gasteiger partial charge on any atom is 0.246 e. The molecule has 0 atom stereocenters. The molecule has 1 aliphatic rings. The molecule has 190 valence electrons. The third-order valence-corrected chi connectivity index (χ3v) is 7.91. The van der Waals surface area contributed by atoms with Crippen molar-refractivity contribution >= 4 is 37.7 Å². The van der Waals surface area contributed by atoms with Crippen LogP contribution >= 0.6 is 15.9 Å². The highest BCUT2D eigenvalue weighted by molar-refractivity contribution is 9.10. The highest BCUT2D eigenvalue weighted by Gasteiger charge is 2.48. The Morgan fingerprint density at radius 1 is 1.08 bits per heavy atom. The van der Waals surface area contributed by atoms with Crippen LogP contribution in [0.15, 0.2) is 58.2 Å². The van der Waals surface area contributed by atoms with Crippen molar-refractivity contribution in [2.45, 2.75) is 23.9 Å². The number of benzene rings is 1. The van der Waals surface area contributed by atoms with E-state index in [2.05, 4.69) is 31.2 Å². The van der Waals surface area contributed by atoms with Crippen LogP contribution in [0.25, 0.3) is 0 Å². The third kappa shape index (κ3) is 5.22. The number of nitrogens with zero attached hydrogens (tertiary/aromatic N) is 4. The van der Waals surface area contributed by atoms with Gasteiger partial charge in [-0.15, -0.1) is 0 Å². The van der Waals surface area contributed by atoms with E-state index in [-0.39, 0.29) is 41.8 Å². The molecule has 0 bridgehead atoms. The zero-order valence-corrected chi connectivity index (χ0v) is 21.6. The lowest BCUT2D eigenvalue weighted by atomic mass is 9.85. The molecule has 1 amide bonds. The molecular weight excluding hydrogens is 563 g/mol. The maximum absolute atomic E-state index is 13.6. The maximum atomic E-state index is 13.6. The minimum absolute atomic E-state index is 0.124. The Hall–Kier alpha value is -3.03. The van der Waals surface area contributed by atoms with Crippen LogP contribution < -0.4 is 10.2 Å². The fourth-order valence-electron chi connectivity index (χ4n) is 4.11. The summed E-state index contributed by atoms with van der Waals surface area (Å²) < 4.78 is 69.0. The number of carbonyl (C=O) groups is 1. The molecule has 2 aromatic heterocycles. The van der Waals surface area contributed by atoms with Gasteiger partial charge in [0.2, 0.25) is 15.9 Å². The van der Waals surface area contributed by atoms with Gasteiger partial charge in [-0.1, -0.05) is 0 Å². The molecule has 1 fully saturated rings. The second-order valence-electron chi connectivity index (χ2n) is 8.50. The Bertz CT molecular complexity index is 1400. The van der Waals surface area contributed by atoms with E-state index in [4.69, 9.17) is 0 Å². The molecule has 1 aliphatic heterocycles. The van der Waals surface area contributed by atoms with Crippen molar-refractivity contribution in [1.82, 2.24) is 19.6 Å². The van der Waals surface area contributed by atoms with Gasteiger partial charge in [0.25, 0.3) is 0 Å². The quantitative estimate of drug-likeness (QED) is 0.458. The van der Waals surface area contributed by atoms with Crippen molar-refractivity contribution < 1.29 is 26.4 Å². The molecule has 0 aliphatic carbocycles. The lowest BCUT2D eigenvalue weighted by Crippen LogP contribution is -2.68. The molecule has 36 heavy (non-hydrogen) atoms. The number of pyridine rings is 2. The predicted octanol–water partition coefficient (Wildman–Crippen LogP) is 3.33. The molecule has 1 N–H and O–H groups in total. The monoisotopic (exact) mass is 583 g/mol. The summed E-state index contributed by atoms with van der Waals surface area (Å²) in [5.74, 6) is -2.37. The van der Waals surface area contributed by atoms with Gasteiger partial charge < -0.3 is 10.2 Å². The molecule has 0 spiro atoms. The van der Waals surface area contributed by atoms with Crippen molar-refractivity contribution in [2.24, 2.45) is 0 Å². The van der Waals surface area contributed by atoms with E-state index < -0.39 is 33.0 Å². The minimum Gasteiger partial charge on any atom is -0.350 e. The Labute approximate surface area is 214 Å². The number of halogens is 4. The van der Waals surface area contributed by atoms with E-state index in [9.17, 15) is 26.4 Å². The molecule has 13 heteroatoms. The Morgan fingerprint density at radius 2 is 1.75 bits per heavy atom. The summed E-state index contributed by atoms with van der Waals surface area (Å²) in [7, 11) is -2.87. The van der Waals surface area contributed by atoms with Crippen LogP contribution in [0.5, 0.6) is 0 Å². The fraction of sp³-hybridized carbons (Fsp3) is 0.261. The lowest BCUT2D eigenvalue weighted by Gasteiger charge is -2.50. The first kappa shape index (κ1) is 26.0. The van der Waals surface area contributed by atoms with Crippen molar-refractivity contribution in [2.75, 3.05) is 25.0 Å². The second-order valence-corrected chi connectivity index (χ2v) is 11.4. The Balaban J connectivity index is 1.65. The van der Waals surface area contributed by atoms with Crippen LogP contribution in [0.3, 0.4) is 0 Å². The fourth-order valence-corrected chi connectivity index (χ4v) is 5.94. The molecular formula is C23H21BrF3N5O3S. The van der Waals surface area contributed by atoms with Crippen LogP contribution in [0.4, 0.5) is 19.0 Å². The summed E-state index contributed by atoms with van der Waals surface area (Å²) in [6.45, 7) is 1.31. The molecule has 3 aromatic rings. The summed E-state index contributed by atoms with van der Waals surface area (Å²) in [5.41, 5.74) is -0.415. The van der Waals surface area contributed by atoms with Gasteiger partial charge in [0.15, 0.2) is 0 Å². The third-order valence-electron chi connectivity index (χ3n) is 5.67. The van der Waals surface area contributed by atoms with Gasteiger partial charge in [0.05, 0.1) is 25.0 Å². The number of hydrogen-bond acceptors (Lipinski definition) is 6. The topological polar surface area (TPSA) is 95.5 Å². The van der Waals surface area contributed by atoms with E-state index in [0.29, 0.717) is 16.2 Å². The zero-order valence-electron chi connectivity index (χ0n) is 19.2. The van der Waals surface area contributed by atoms with Gasteiger partial charge in [-0.2, -0.15) is 4.31 Å². The smallest absolute Gasteiger partial charge is 0.246 e. The molecule has 0 unspecified atom stereocenters. The van der Waals surface area contributed by atoms with Gasteiger partial charge in [0, 0.05) is 37.3 Å². The Kier molecular flexibility index (Phi) is 7.08. The molecule has 0 saturated carbocycles. The number of aromatic nitrogens is 2. The first-order valence-corrected chi connectivity index (χ1v) is 12.9. The number of nitrogens with one attached hydrogen (secondary N) is 1. The SMILES string of the molecule is CC(=O)NC1(c2ccc(F)cn2)CN(c2ncc(Br)cc2S(=O)(=O)N(C)Cc2cc(F)cc(F)c2)C1. The van der Waals surface area contributed by atoms with E-state index in [1.165, 1.54) is 38.4 Å². The number of rotatable bonds is 7. The molecule has 8 nitrogen and oxygen atoms in total. The first-order chi connectivity index (χ1) is 16.9. The summed E-state index contributed by atoms with van der Waals surface area (Å²) in [6, 6.07) is 6.89. The van der Waals surface area contributed by atoms with Crippen LogP contribution in [0, 0.1) is 17.5 Å². The standard InChI is InChI=1S/C23H21BrF3N5O3S/c1-14(33)30-23(21-4-3-17(25)10-28-21)12-32(13-23)22-20(7-16(24)9-29-22)36(34,35)31(2)11-15-5-18(26)8-19(27)6-15/h3-10H,11-13H2,1-2H3,(H,30,33). The van der Waals surface area contributed by atoms with Gasteiger partial charge in [0.1, 0.15) is 33.7 Å². The highest BCUT2D eigenvalue weighted by Crippen LogP contribution is 2.38. The zero-order chi connectivity index (χ0) is 26.3. The summed E-state index contributed by atoms with van der Waals surface area (Å²) in [6.07, 6.45) is 2.48. The van der Waals surface area contributed by atoms with Crippen molar-refractivity contribution in [3.8, 4) is 0 Å². The van der Waals surface area contributed by atoms with Gasteiger partial charge in [-0.25, -0.2) is 26.6 Å². The lowest BCUT2D eigenvalue weighted by molar-refractivity contribution is -0.121. The van der Waals surface area contributed by atoms with Crippen LogP contribution in [-0.2, 0) is 26.9 Å². The molecule has 1 aromatic carbocycles. The highest BCUT2D eigenvalue weighted by atomic mass is 79.9. The normalized spacial score (nSPS) is 15.0. The average Bonchev–Trinajstić information content (AvgIpc) is 2.76. The van der Waals surface area contributed by atoms with Gasteiger partial charge in [-0.3, -0.25) is 9.78 Å². The molecule has 1 saturated heterocycles. The number of amides is 1. The number of anilines is 1. The number of sulfonamides is 1. The van der Waals surface area contributed by atoms with Crippen LogP contribution in [0.1, 0.15) is 18.2 Å². The predicted molar refractivity (Wildman–Crippen MR) is 129 cm³/mol. The molecule has 4 rings (SSSR count). The summed E-state index contributed by atoms with van der Waals surface area (Å²) in [4.78, 5) is 21.8. The molecule has 0 radical (unpaired) electrons. The van der Waals surface area contributed by atoms with Crippen molar-refractivity contribution in [3.05, 3.63) is 82.0 Å². The van der Waals surface area contributed by atoms with Crippen molar-refractivity contribution in [1.29, 1.82) is 0 Å². The second kappa shape index (κ2) is 9.79. The number of hydrogen-bond donors (Lipinski definition) is 1. The largest absolute Gasteiger partial charge is 0.350 e. The van der Waals surface area contributed by atoms with Crippen LogP contribution in [0.2, 0.25) is 0 Å².